The highest BCUT2D eigenvalue weighted by Gasteiger charge is 2.39. The van der Waals surface area contributed by atoms with Gasteiger partial charge in [0, 0.05) is 37.9 Å². The van der Waals surface area contributed by atoms with Crippen molar-refractivity contribution < 1.29 is 23.8 Å². The number of methoxy groups -OCH3 is 2. The lowest BCUT2D eigenvalue weighted by molar-refractivity contribution is -0.128. The molecular formula is C26H33N3O5S. The number of benzene rings is 2. The Labute approximate surface area is 211 Å². The van der Waals surface area contributed by atoms with Gasteiger partial charge in [-0.25, -0.2) is 4.99 Å². The average molecular weight is 500 g/mol. The molecule has 3 rings (SSSR count). The molecule has 35 heavy (non-hydrogen) atoms. The van der Waals surface area contributed by atoms with Crippen LogP contribution in [0, 0.1) is 13.8 Å². The Balaban J connectivity index is 1.74. The number of nitrogens with one attached hydrogen (secondary N) is 1. The second kappa shape index (κ2) is 12.6. The molecule has 1 aliphatic rings. The molecular weight excluding hydrogens is 466 g/mol. The summed E-state index contributed by atoms with van der Waals surface area (Å²) < 4.78 is 16.0. The summed E-state index contributed by atoms with van der Waals surface area (Å²) in [6.45, 7) is 7.66. The van der Waals surface area contributed by atoms with Crippen LogP contribution in [0.15, 0.2) is 41.4 Å². The number of hydrogen-bond acceptors (Lipinski definition) is 7. The second-order valence-corrected chi connectivity index (χ2v) is 9.38. The van der Waals surface area contributed by atoms with E-state index in [1.165, 1.54) is 18.9 Å². The summed E-state index contributed by atoms with van der Waals surface area (Å²) in [7, 11) is 3.09. The molecule has 1 N–H and O–H groups in total. The molecule has 1 fully saturated rings. The third-order valence-corrected chi connectivity index (χ3v) is 6.54. The number of hydrogen-bond donors (Lipinski definition) is 1. The van der Waals surface area contributed by atoms with Gasteiger partial charge in [0.25, 0.3) is 0 Å². The summed E-state index contributed by atoms with van der Waals surface area (Å²) >= 11 is 1.33. The van der Waals surface area contributed by atoms with Gasteiger partial charge in [0.2, 0.25) is 11.8 Å². The SMILES string of the molecule is CCOCCCN1C(=O)C(CC(=O)Nc2ccc(OC)c(OC)c2)SC1=Nc1cc(C)cc(C)c1. The minimum Gasteiger partial charge on any atom is -0.493 e. The number of nitrogens with zero attached hydrogens (tertiary/aromatic N) is 2. The lowest BCUT2D eigenvalue weighted by atomic mass is 10.1. The Morgan fingerprint density at radius 3 is 2.46 bits per heavy atom. The van der Waals surface area contributed by atoms with Crippen LogP contribution < -0.4 is 14.8 Å². The van der Waals surface area contributed by atoms with Crippen LogP contribution in [0.25, 0.3) is 0 Å². The Morgan fingerprint density at radius 2 is 1.80 bits per heavy atom. The molecule has 1 atom stereocenters. The first-order valence-corrected chi connectivity index (χ1v) is 12.5. The van der Waals surface area contributed by atoms with Gasteiger partial charge in [-0.05, 0) is 62.6 Å². The van der Waals surface area contributed by atoms with Gasteiger partial charge in [-0.3, -0.25) is 14.5 Å². The molecule has 0 spiro atoms. The number of amidine groups is 1. The molecule has 9 heteroatoms. The van der Waals surface area contributed by atoms with Crippen molar-refractivity contribution in [3.05, 3.63) is 47.5 Å². The maximum Gasteiger partial charge on any atom is 0.242 e. The van der Waals surface area contributed by atoms with Crippen LogP contribution in [0.4, 0.5) is 11.4 Å². The Morgan fingerprint density at radius 1 is 1.09 bits per heavy atom. The highest BCUT2D eigenvalue weighted by molar-refractivity contribution is 8.15. The van der Waals surface area contributed by atoms with Crippen LogP contribution in [0.2, 0.25) is 0 Å². The summed E-state index contributed by atoms with van der Waals surface area (Å²) in [5.74, 6) is 0.712. The minimum atomic E-state index is -0.549. The fourth-order valence-electron chi connectivity index (χ4n) is 3.82. The Kier molecular flexibility index (Phi) is 9.56. The van der Waals surface area contributed by atoms with Crippen molar-refractivity contribution in [2.24, 2.45) is 4.99 Å². The van der Waals surface area contributed by atoms with E-state index in [9.17, 15) is 9.59 Å². The monoisotopic (exact) mass is 499 g/mol. The topological polar surface area (TPSA) is 89.5 Å². The van der Waals surface area contributed by atoms with E-state index >= 15 is 0 Å². The van der Waals surface area contributed by atoms with Gasteiger partial charge in [0.05, 0.1) is 19.9 Å². The third-order valence-electron chi connectivity index (χ3n) is 5.36. The smallest absolute Gasteiger partial charge is 0.242 e. The van der Waals surface area contributed by atoms with Gasteiger partial charge in [-0.2, -0.15) is 0 Å². The number of aryl methyl sites for hydroxylation is 2. The lowest BCUT2D eigenvalue weighted by Crippen LogP contribution is -2.34. The van der Waals surface area contributed by atoms with Crippen molar-refractivity contribution in [2.45, 2.75) is 38.9 Å². The molecule has 0 bridgehead atoms. The van der Waals surface area contributed by atoms with Crippen molar-refractivity contribution in [1.29, 1.82) is 0 Å². The number of thioether (sulfide) groups is 1. The van der Waals surface area contributed by atoms with Crippen LogP contribution in [-0.4, -0.2) is 61.1 Å². The summed E-state index contributed by atoms with van der Waals surface area (Å²) in [6.07, 6.45) is 0.724. The molecule has 1 unspecified atom stereocenters. The number of anilines is 1. The zero-order chi connectivity index (χ0) is 25.4. The van der Waals surface area contributed by atoms with E-state index in [0.29, 0.717) is 48.5 Å². The van der Waals surface area contributed by atoms with Crippen LogP contribution in [-0.2, 0) is 14.3 Å². The van der Waals surface area contributed by atoms with Gasteiger partial charge in [-0.1, -0.05) is 17.8 Å². The van der Waals surface area contributed by atoms with E-state index in [1.54, 1.807) is 30.2 Å². The van der Waals surface area contributed by atoms with E-state index in [4.69, 9.17) is 19.2 Å². The van der Waals surface area contributed by atoms with E-state index < -0.39 is 5.25 Å². The molecule has 1 aliphatic heterocycles. The molecule has 1 heterocycles. The maximum absolute atomic E-state index is 13.2. The van der Waals surface area contributed by atoms with E-state index in [1.807, 2.05) is 32.9 Å². The first-order chi connectivity index (χ1) is 16.8. The Hall–Kier alpha value is -3.04. The van der Waals surface area contributed by atoms with Crippen molar-refractivity contribution >= 4 is 40.1 Å². The maximum atomic E-state index is 13.2. The molecule has 8 nitrogen and oxygen atoms in total. The van der Waals surface area contributed by atoms with Gasteiger partial charge in [0.15, 0.2) is 16.7 Å². The summed E-state index contributed by atoms with van der Waals surface area (Å²) in [5.41, 5.74) is 3.57. The van der Waals surface area contributed by atoms with Gasteiger partial charge >= 0.3 is 0 Å². The zero-order valence-corrected chi connectivity index (χ0v) is 21.7. The van der Waals surface area contributed by atoms with Gasteiger partial charge < -0.3 is 19.5 Å². The van der Waals surface area contributed by atoms with Crippen molar-refractivity contribution in [3.63, 3.8) is 0 Å². The standard InChI is InChI=1S/C26H33N3O5S/c1-6-34-11-7-10-29-25(31)23(35-26(29)28-20-13-17(2)12-18(3)14-20)16-24(30)27-19-8-9-21(32-4)22(15-19)33-5/h8-9,12-15,23H,6-7,10-11,16H2,1-5H3,(H,27,30). The fraction of sp³-hybridized carbons (Fsp3) is 0.423. The van der Waals surface area contributed by atoms with E-state index in [2.05, 4.69) is 11.4 Å². The fourth-order valence-corrected chi connectivity index (χ4v) is 5.00. The highest BCUT2D eigenvalue weighted by Crippen LogP contribution is 2.33. The minimum absolute atomic E-state index is 0.0334. The van der Waals surface area contributed by atoms with E-state index in [-0.39, 0.29) is 18.2 Å². The second-order valence-electron chi connectivity index (χ2n) is 8.21. The number of aliphatic imine (C=N–C) groups is 1. The lowest BCUT2D eigenvalue weighted by Gasteiger charge is -2.16. The Bertz CT molecular complexity index is 1070. The summed E-state index contributed by atoms with van der Waals surface area (Å²) in [6, 6.07) is 11.2. The first kappa shape index (κ1) is 26.6. The van der Waals surface area contributed by atoms with Crippen LogP contribution in [0.3, 0.4) is 0 Å². The number of ether oxygens (including phenoxy) is 3. The van der Waals surface area contributed by atoms with Gasteiger partial charge in [-0.15, -0.1) is 0 Å². The molecule has 2 amide bonds. The van der Waals surface area contributed by atoms with Crippen LogP contribution in [0.5, 0.6) is 11.5 Å². The summed E-state index contributed by atoms with van der Waals surface area (Å²) in [5, 5.41) is 2.91. The molecule has 0 aliphatic carbocycles. The number of carbonyl (C=O) groups is 2. The first-order valence-electron chi connectivity index (χ1n) is 11.6. The van der Waals surface area contributed by atoms with Crippen molar-refractivity contribution in [1.82, 2.24) is 4.90 Å². The summed E-state index contributed by atoms with van der Waals surface area (Å²) in [4.78, 5) is 32.5. The predicted octanol–water partition coefficient (Wildman–Crippen LogP) is 4.71. The van der Waals surface area contributed by atoms with Crippen molar-refractivity contribution in [3.8, 4) is 11.5 Å². The van der Waals surface area contributed by atoms with E-state index in [0.717, 1.165) is 16.8 Å². The molecule has 0 saturated carbocycles. The molecule has 188 valence electrons. The molecule has 1 saturated heterocycles. The third kappa shape index (κ3) is 7.22. The van der Waals surface area contributed by atoms with Gasteiger partial charge in [0.1, 0.15) is 5.25 Å². The number of amides is 2. The highest BCUT2D eigenvalue weighted by atomic mass is 32.2. The average Bonchev–Trinajstić information content (AvgIpc) is 3.09. The zero-order valence-electron chi connectivity index (χ0n) is 20.9. The normalized spacial score (nSPS) is 16.6. The largest absolute Gasteiger partial charge is 0.493 e. The molecule has 0 radical (unpaired) electrons. The predicted molar refractivity (Wildman–Crippen MR) is 140 cm³/mol. The number of rotatable bonds is 11. The molecule has 2 aromatic rings. The quantitative estimate of drug-likeness (QED) is 0.451. The molecule has 2 aromatic carbocycles. The number of carbonyl (C=O) groups excluding carboxylic acids is 2. The molecule has 0 aromatic heterocycles. The van der Waals surface area contributed by atoms with Crippen molar-refractivity contribution in [2.75, 3.05) is 39.3 Å². The van der Waals surface area contributed by atoms with Crippen LogP contribution in [0.1, 0.15) is 30.9 Å². The van der Waals surface area contributed by atoms with Crippen LogP contribution >= 0.6 is 11.8 Å².